The van der Waals surface area contributed by atoms with Crippen LogP contribution in [0, 0.1) is 0 Å². The highest BCUT2D eigenvalue weighted by Gasteiger charge is 2.39. The summed E-state index contributed by atoms with van der Waals surface area (Å²) in [7, 11) is 0. The van der Waals surface area contributed by atoms with Crippen molar-refractivity contribution >= 4 is 66.7 Å². The molecule has 250 valence electrons. The SMILES string of the molecule is C=CCCCCC(CCCCC=C)N1C(=O)c2ccc3c4ccc5c6c(ccc(c7ccc(c2c37)C1=O)c64)C(=O)N(CCCCCO)C5=O. The smallest absolute Gasteiger partial charge is 0.261 e. The Balaban J connectivity index is 1.33. The van der Waals surface area contributed by atoms with E-state index in [1.807, 2.05) is 60.7 Å². The van der Waals surface area contributed by atoms with E-state index in [2.05, 4.69) is 13.2 Å². The van der Waals surface area contributed by atoms with Gasteiger partial charge in [0.05, 0.1) is 0 Å². The van der Waals surface area contributed by atoms with Gasteiger partial charge in [0.25, 0.3) is 23.6 Å². The van der Waals surface area contributed by atoms with Gasteiger partial charge < -0.3 is 5.11 Å². The van der Waals surface area contributed by atoms with Crippen LogP contribution in [0.1, 0.15) is 112 Å². The summed E-state index contributed by atoms with van der Waals surface area (Å²) in [6.45, 7) is 8.06. The number of imide groups is 2. The molecule has 7 rings (SSSR count). The molecule has 0 atom stereocenters. The molecule has 1 N–H and O–H groups in total. The fourth-order valence-electron chi connectivity index (χ4n) is 8.17. The molecular formula is C42H42N2O5. The van der Waals surface area contributed by atoms with Crippen molar-refractivity contribution in [1.82, 2.24) is 9.80 Å². The lowest BCUT2D eigenvalue weighted by Crippen LogP contribution is -2.47. The van der Waals surface area contributed by atoms with Crippen molar-refractivity contribution in [3.8, 4) is 0 Å². The first kappa shape index (κ1) is 32.7. The first-order valence-corrected chi connectivity index (χ1v) is 17.7. The van der Waals surface area contributed by atoms with Crippen molar-refractivity contribution in [3.05, 3.63) is 96.1 Å². The molecule has 0 bridgehead atoms. The van der Waals surface area contributed by atoms with E-state index in [1.165, 1.54) is 9.80 Å². The largest absolute Gasteiger partial charge is 0.396 e. The van der Waals surface area contributed by atoms with Crippen LogP contribution in [0.15, 0.2) is 73.8 Å². The maximum absolute atomic E-state index is 14.3. The molecule has 4 amide bonds. The van der Waals surface area contributed by atoms with Gasteiger partial charge in [0.1, 0.15) is 0 Å². The third-order valence-electron chi connectivity index (χ3n) is 10.5. The molecule has 2 heterocycles. The number of rotatable bonds is 16. The molecule has 0 aromatic heterocycles. The number of hydrogen-bond acceptors (Lipinski definition) is 5. The number of amides is 4. The molecule has 2 aliphatic rings. The fraction of sp³-hybridized carbons (Fsp3) is 0.333. The number of fused-ring (bicyclic) bond motifs is 2. The zero-order chi connectivity index (χ0) is 34.2. The fourth-order valence-corrected chi connectivity index (χ4v) is 8.17. The van der Waals surface area contributed by atoms with Gasteiger partial charge in [-0.25, -0.2) is 0 Å². The van der Waals surface area contributed by atoms with E-state index in [4.69, 9.17) is 5.11 Å². The molecule has 2 aliphatic heterocycles. The number of unbranched alkanes of at least 4 members (excludes halogenated alkanes) is 6. The Morgan fingerprint density at radius 3 is 1.37 bits per heavy atom. The van der Waals surface area contributed by atoms with E-state index in [1.54, 1.807) is 0 Å². The molecule has 0 saturated heterocycles. The van der Waals surface area contributed by atoms with E-state index < -0.39 is 0 Å². The number of benzene rings is 5. The van der Waals surface area contributed by atoms with Gasteiger partial charge in [-0.15, -0.1) is 13.2 Å². The van der Waals surface area contributed by atoms with E-state index in [0.717, 1.165) is 90.1 Å². The lowest BCUT2D eigenvalue weighted by molar-refractivity contribution is 0.0515. The Morgan fingerprint density at radius 1 is 0.531 bits per heavy atom. The lowest BCUT2D eigenvalue weighted by atomic mass is 9.82. The van der Waals surface area contributed by atoms with E-state index in [0.29, 0.717) is 52.4 Å². The second-order valence-electron chi connectivity index (χ2n) is 13.5. The van der Waals surface area contributed by atoms with Gasteiger partial charge in [-0.2, -0.15) is 0 Å². The van der Waals surface area contributed by atoms with Crippen LogP contribution in [0.25, 0.3) is 43.1 Å². The highest BCUT2D eigenvalue weighted by molar-refractivity contribution is 6.41. The first-order chi connectivity index (χ1) is 23.9. The number of aliphatic hydroxyl groups excluding tert-OH is 1. The molecule has 49 heavy (non-hydrogen) atoms. The summed E-state index contributed by atoms with van der Waals surface area (Å²) in [5.74, 6) is -1.10. The number of carbonyl (C=O) groups is 4. The monoisotopic (exact) mass is 654 g/mol. The highest BCUT2D eigenvalue weighted by atomic mass is 16.3. The first-order valence-electron chi connectivity index (χ1n) is 17.7. The lowest BCUT2D eigenvalue weighted by Gasteiger charge is -2.35. The van der Waals surface area contributed by atoms with Crippen LogP contribution in [0.2, 0.25) is 0 Å². The van der Waals surface area contributed by atoms with E-state index >= 15 is 0 Å². The molecule has 0 unspecified atom stereocenters. The van der Waals surface area contributed by atoms with Gasteiger partial charge in [-0.3, -0.25) is 29.0 Å². The van der Waals surface area contributed by atoms with Gasteiger partial charge in [-0.1, -0.05) is 49.3 Å². The predicted octanol–water partition coefficient (Wildman–Crippen LogP) is 8.95. The molecular weight excluding hydrogens is 612 g/mol. The standard InChI is InChI=1S/C42H42N2O5/c1-3-5-7-10-14-26(15-11-8-6-4-2)44-41(48)33-22-18-29-27-16-20-31-37-32(40(47)43(39(31)46)24-12-9-13-25-45)21-17-28(35(27)37)30-19-23-34(42(44)49)38(33)36(29)30/h3-4,16-23,26,45H,1-2,5-15,24-25H2. The Morgan fingerprint density at radius 2 is 0.959 bits per heavy atom. The van der Waals surface area contributed by atoms with Gasteiger partial charge in [0.15, 0.2) is 0 Å². The number of hydrogen-bond donors (Lipinski definition) is 1. The second-order valence-corrected chi connectivity index (χ2v) is 13.5. The Bertz CT molecular complexity index is 2030. The average molecular weight is 655 g/mol. The van der Waals surface area contributed by atoms with Crippen molar-refractivity contribution in [2.45, 2.75) is 76.7 Å². The van der Waals surface area contributed by atoms with Gasteiger partial charge >= 0.3 is 0 Å². The number of nitrogens with zero attached hydrogens (tertiary/aromatic N) is 2. The van der Waals surface area contributed by atoms with Gasteiger partial charge in [0, 0.05) is 52.2 Å². The Hall–Kier alpha value is -4.88. The van der Waals surface area contributed by atoms with E-state index in [9.17, 15) is 19.2 Å². The zero-order valence-electron chi connectivity index (χ0n) is 27.9. The summed E-state index contributed by atoms with van der Waals surface area (Å²) < 4.78 is 0. The quantitative estimate of drug-likeness (QED) is 0.0377. The third-order valence-corrected chi connectivity index (χ3v) is 10.5. The van der Waals surface area contributed by atoms with Crippen molar-refractivity contribution in [1.29, 1.82) is 0 Å². The molecule has 0 aliphatic carbocycles. The minimum atomic E-state index is -0.305. The number of allylic oxidation sites excluding steroid dienone is 2. The summed E-state index contributed by atoms with van der Waals surface area (Å²) in [5.41, 5.74) is 2.07. The van der Waals surface area contributed by atoms with Crippen LogP contribution in [-0.4, -0.2) is 57.7 Å². The van der Waals surface area contributed by atoms with Gasteiger partial charge in [0.2, 0.25) is 0 Å². The normalized spacial score (nSPS) is 14.5. The maximum Gasteiger partial charge on any atom is 0.261 e. The minimum Gasteiger partial charge on any atom is -0.396 e. The summed E-state index contributed by atoms with van der Waals surface area (Å²) >= 11 is 0. The minimum absolute atomic E-state index is 0.0841. The molecule has 5 aromatic rings. The molecule has 7 nitrogen and oxygen atoms in total. The molecule has 0 spiro atoms. The van der Waals surface area contributed by atoms with Crippen LogP contribution in [0.5, 0.6) is 0 Å². The van der Waals surface area contributed by atoms with Crippen molar-refractivity contribution in [2.24, 2.45) is 0 Å². The van der Waals surface area contributed by atoms with Crippen molar-refractivity contribution in [2.75, 3.05) is 13.2 Å². The summed E-state index contributed by atoms with van der Waals surface area (Å²) in [6, 6.07) is 14.9. The molecule has 0 radical (unpaired) electrons. The molecule has 5 aromatic carbocycles. The predicted molar refractivity (Wildman–Crippen MR) is 196 cm³/mol. The zero-order valence-corrected chi connectivity index (χ0v) is 27.9. The Kier molecular flexibility index (Phi) is 9.03. The summed E-state index contributed by atoms with van der Waals surface area (Å²) in [4.78, 5) is 58.9. The summed E-state index contributed by atoms with van der Waals surface area (Å²) in [5, 5.41) is 15.7. The molecule has 0 saturated carbocycles. The van der Waals surface area contributed by atoms with Crippen LogP contribution in [-0.2, 0) is 0 Å². The van der Waals surface area contributed by atoms with E-state index in [-0.39, 0.29) is 36.3 Å². The third kappa shape index (κ3) is 5.32. The van der Waals surface area contributed by atoms with Crippen LogP contribution in [0.3, 0.4) is 0 Å². The van der Waals surface area contributed by atoms with Crippen molar-refractivity contribution < 1.29 is 24.3 Å². The second kappa shape index (κ2) is 13.6. The summed E-state index contributed by atoms with van der Waals surface area (Å²) in [6.07, 6.45) is 12.9. The topological polar surface area (TPSA) is 95.0 Å². The van der Waals surface area contributed by atoms with Crippen LogP contribution >= 0.6 is 0 Å². The average Bonchev–Trinajstić information content (AvgIpc) is 3.11. The van der Waals surface area contributed by atoms with Crippen molar-refractivity contribution in [3.63, 3.8) is 0 Å². The highest BCUT2D eigenvalue weighted by Crippen LogP contribution is 2.46. The number of aliphatic hydroxyl groups is 1. The molecule has 0 fully saturated rings. The number of carbonyl (C=O) groups excluding carboxylic acids is 4. The van der Waals surface area contributed by atoms with Gasteiger partial charge in [-0.05, 0) is 114 Å². The van der Waals surface area contributed by atoms with Crippen LogP contribution < -0.4 is 0 Å². The maximum atomic E-state index is 14.3. The molecule has 7 heteroatoms. The van der Waals surface area contributed by atoms with Crippen LogP contribution in [0.4, 0.5) is 0 Å². The Labute approximate surface area is 286 Å².